The van der Waals surface area contributed by atoms with Gasteiger partial charge >= 0.3 is 0 Å². The predicted octanol–water partition coefficient (Wildman–Crippen LogP) is 0.665. The van der Waals surface area contributed by atoms with E-state index in [4.69, 9.17) is 10.5 Å². The number of aryl methyl sites for hydroxylation is 3. The Bertz CT molecular complexity index is 1020. The van der Waals surface area contributed by atoms with Crippen LogP contribution in [0.1, 0.15) is 39.3 Å². The number of amides is 2. The van der Waals surface area contributed by atoms with Gasteiger partial charge in [-0.15, -0.1) is 5.10 Å². The van der Waals surface area contributed by atoms with Crippen molar-refractivity contribution in [1.29, 1.82) is 0 Å². The summed E-state index contributed by atoms with van der Waals surface area (Å²) in [6, 6.07) is 6.64. The average molecular weight is 384 g/mol. The van der Waals surface area contributed by atoms with Gasteiger partial charge in [0.25, 0.3) is 11.8 Å². The lowest BCUT2D eigenvalue weighted by molar-refractivity contribution is 0.0992. The topological polar surface area (TPSA) is 143 Å². The lowest BCUT2D eigenvalue weighted by Crippen LogP contribution is -2.20. The molecule has 0 saturated carbocycles. The number of nitrogens with zero attached hydrogens (tertiary/aromatic N) is 6. The summed E-state index contributed by atoms with van der Waals surface area (Å²) in [5, 5.41) is 18.2. The van der Waals surface area contributed by atoms with Gasteiger partial charge in [-0.2, -0.15) is 5.10 Å². The van der Waals surface area contributed by atoms with Crippen LogP contribution < -0.4 is 15.8 Å². The highest BCUT2D eigenvalue weighted by atomic mass is 16.5. The highest BCUT2D eigenvalue weighted by Crippen LogP contribution is 2.21. The van der Waals surface area contributed by atoms with E-state index in [2.05, 4.69) is 25.9 Å². The van der Waals surface area contributed by atoms with Gasteiger partial charge < -0.3 is 15.8 Å². The molecule has 146 valence electrons. The molecule has 0 saturated heterocycles. The van der Waals surface area contributed by atoms with Crippen LogP contribution in [0.3, 0.4) is 0 Å². The van der Waals surface area contributed by atoms with Crippen LogP contribution in [-0.4, -0.2) is 41.8 Å². The molecule has 2 heterocycles. The molecule has 0 radical (unpaired) electrons. The standard InChI is InChI=1S/C17H20N8O3/c1-4-25-13(20-22-23-25)9-28-12-7-5-6-11(8-12)17(27)19-14-10(2)21-24(3)15(14)16(18)26/h5-8H,4,9H2,1-3H3,(H2,18,26)(H,19,27). The first-order chi connectivity index (χ1) is 13.4. The highest BCUT2D eigenvalue weighted by molar-refractivity contribution is 6.08. The van der Waals surface area contributed by atoms with Crippen LogP contribution in [0.25, 0.3) is 0 Å². The van der Waals surface area contributed by atoms with E-state index in [0.717, 1.165) is 0 Å². The fourth-order valence-electron chi connectivity index (χ4n) is 2.72. The third-order valence-corrected chi connectivity index (χ3v) is 4.06. The first-order valence-corrected chi connectivity index (χ1v) is 8.53. The van der Waals surface area contributed by atoms with E-state index in [-0.39, 0.29) is 18.0 Å². The molecule has 0 unspecified atom stereocenters. The van der Waals surface area contributed by atoms with Gasteiger partial charge in [0.05, 0.1) is 11.4 Å². The quantitative estimate of drug-likeness (QED) is 0.609. The highest BCUT2D eigenvalue weighted by Gasteiger charge is 2.20. The predicted molar refractivity (Wildman–Crippen MR) is 98.7 cm³/mol. The zero-order valence-electron chi connectivity index (χ0n) is 15.7. The van der Waals surface area contributed by atoms with E-state index >= 15 is 0 Å². The summed E-state index contributed by atoms with van der Waals surface area (Å²) in [7, 11) is 1.58. The van der Waals surface area contributed by atoms with E-state index < -0.39 is 11.8 Å². The Morgan fingerprint density at radius 2 is 2.11 bits per heavy atom. The van der Waals surface area contributed by atoms with Crippen LogP contribution in [0.2, 0.25) is 0 Å². The van der Waals surface area contributed by atoms with Crippen molar-refractivity contribution in [3.05, 3.63) is 47.0 Å². The Morgan fingerprint density at radius 1 is 1.32 bits per heavy atom. The van der Waals surface area contributed by atoms with Crippen molar-refractivity contribution in [2.75, 3.05) is 5.32 Å². The summed E-state index contributed by atoms with van der Waals surface area (Å²) >= 11 is 0. The van der Waals surface area contributed by atoms with E-state index in [1.807, 2.05) is 6.92 Å². The first-order valence-electron chi connectivity index (χ1n) is 8.53. The van der Waals surface area contributed by atoms with Crippen molar-refractivity contribution < 1.29 is 14.3 Å². The molecular formula is C17H20N8O3. The summed E-state index contributed by atoms with van der Waals surface area (Å²) in [5.74, 6) is -0.0302. The maximum atomic E-state index is 12.6. The SMILES string of the molecule is CCn1nnnc1COc1cccc(C(=O)Nc2c(C)nn(C)c2C(N)=O)c1. The molecule has 2 amide bonds. The summed E-state index contributed by atoms with van der Waals surface area (Å²) in [4.78, 5) is 24.3. The second-order valence-electron chi connectivity index (χ2n) is 5.98. The molecule has 11 nitrogen and oxygen atoms in total. The molecule has 0 aliphatic carbocycles. The molecule has 2 aromatic heterocycles. The number of aromatic nitrogens is 6. The van der Waals surface area contributed by atoms with Gasteiger partial charge in [-0.05, 0) is 42.5 Å². The molecule has 3 aromatic rings. The number of rotatable bonds is 7. The van der Waals surface area contributed by atoms with Crippen LogP contribution in [0.5, 0.6) is 5.75 Å². The van der Waals surface area contributed by atoms with Crippen LogP contribution >= 0.6 is 0 Å². The molecule has 1 aromatic carbocycles. The van der Waals surface area contributed by atoms with Gasteiger partial charge in [0.2, 0.25) is 0 Å². The largest absolute Gasteiger partial charge is 0.486 e. The summed E-state index contributed by atoms with van der Waals surface area (Å²) in [6.45, 7) is 4.39. The molecule has 3 rings (SSSR count). The summed E-state index contributed by atoms with van der Waals surface area (Å²) < 4.78 is 8.65. The van der Waals surface area contributed by atoms with Crippen LogP contribution in [0, 0.1) is 6.92 Å². The Kier molecular flexibility index (Phi) is 5.34. The molecule has 3 N–H and O–H groups in total. The lowest BCUT2D eigenvalue weighted by Gasteiger charge is -2.09. The zero-order chi connectivity index (χ0) is 20.3. The Labute approximate surface area is 160 Å². The van der Waals surface area contributed by atoms with E-state index in [9.17, 15) is 9.59 Å². The minimum atomic E-state index is -0.677. The number of benzene rings is 1. The third-order valence-electron chi connectivity index (χ3n) is 4.06. The molecule has 0 bridgehead atoms. The van der Waals surface area contributed by atoms with Crippen molar-refractivity contribution in [1.82, 2.24) is 30.0 Å². The number of anilines is 1. The maximum absolute atomic E-state index is 12.6. The molecule has 0 fully saturated rings. The Morgan fingerprint density at radius 3 is 2.82 bits per heavy atom. The zero-order valence-corrected chi connectivity index (χ0v) is 15.7. The van der Waals surface area contributed by atoms with E-state index in [1.54, 1.807) is 42.9 Å². The van der Waals surface area contributed by atoms with Crippen LogP contribution in [0.15, 0.2) is 24.3 Å². The lowest BCUT2D eigenvalue weighted by atomic mass is 10.2. The second-order valence-corrected chi connectivity index (χ2v) is 5.98. The van der Waals surface area contributed by atoms with Gasteiger partial charge in [0.15, 0.2) is 5.82 Å². The van der Waals surface area contributed by atoms with Gasteiger partial charge in [-0.1, -0.05) is 6.07 Å². The fourth-order valence-corrected chi connectivity index (χ4v) is 2.72. The molecule has 0 atom stereocenters. The average Bonchev–Trinajstić information content (AvgIpc) is 3.23. The van der Waals surface area contributed by atoms with Gasteiger partial charge in [-0.3, -0.25) is 14.3 Å². The molecule has 0 spiro atoms. The first kappa shape index (κ1) is 19.0. The smallest absolute Gasteiger partial charge is 0.269 e. The van der Waals surface area contributed by atoms with Crippen molar-refractivity contribution in [3.8, 4) is 5.75 Å². The van der Waals surface area contributed by atoms with Crippen molar-refractivity contribution in [3.63, 3.8) is 0 Å². The van der Waals surface area contributed by atoms with E-state index in [1.165, 1.54) is 4.68 Å². The van der Waals surface area contributed by atoms with Crippen LogP contribution in [-0.2, 0) is 20.2 Å². The van der Waals surface area contributed by atoms with Gasteiger partial charge in [0, 0.05) is 19.2 Å². The Balaban J connectivity index is 1.75. The van der Waals surface area contributed by atoms with E-state index in [0.29, 0.717) is 29.4 Å². The molecule has 11 heteroatoms. The minimum Gasteiger partial charge on any atom is -0.486 e. The number of carbonyl (C=O) groups excluding carboxylic acids is 2. The van der Waals surface area contributed by atoms with Crippen molar-refractivity contribution in [2.24, 2.45) is 12.8 Å². The number of hydrogen-bond acceptors (Lipinski definition) is 7. The van der Waals surface area contributed by atoms with Crippen molar-refractivity contribution in [2.45, 2.75) is 27.0 Å². The number of primary amides is 1. The summed E-state index contributed by atoms with van der Waals surface area (Å²) in [5.41, 5.74) is 6.64. The second kappa shape index (κ2) is 7.86. The molecule has 0 aliphatic heterocycles. The monoisotopic (exact) mass is 384 g/mol. The molecule has 28 heavy (non-hydrogen) atoms. The molecule has 0 aliphatic rings. The number of nitrogens with two attached hydrogens (primary N) is 1. The van der Waals surface area contributed by atoms with Gasteiger partial charge in [0.1, 0.15) is 18.1 Å². The normalized spacial score (nSPS) is 10.7. The Hall–Kier alpha value is -3.76. The minimum absolute atomic E-state index is 0.129. The third kappa shape index (κ3) is 3.82. The number of nitrogens with one attached hydrogen (secondary N) is 1. The molecular weight excluding hydrogens is 364 g/mol. The maximum Gasteiger partial charge on any atom is 0.269 e. The number of carbonyl (C=O) groups is 2. The number of ether oxygens (including phenoxy) is 1. The number of tetrazole rings is 1. The van der Waals surface area contributed by atoms with Crippen molar-refractivity contribution >= 4 is 17.5 Å². The van der Waals surface area contributed by atoms with Crippen LogP contribution in [0.4, 0.5) is 5.69 Å². The van der Waals surface area contributed by atoms with Gasteiger partial charge in [-0.25, -0.2) is 4.68 Å². The fraction of sp³-hybridized carbons (Fsp3) is 0.294. The summed E-state index contributed by atoms with van der Waals surface area (Å²) in [6.07, 6.45) is 0. The number of hydrogen-bond donors (Lipinski definition) is 2.